The number of rotatable bonds is 7. The Bertz CT molecular complexity index is 964. The van der Waals surface area contributed by atoms with Crippen molar-refractivity contribution in [2.45, 2.75) is 26.4 Å². The van der Waals surface area contributed by atoms with Gasteiger partial charge in [0.15, 0.2) is 0 Å². The highest BCUT2D eigenvalue weighted by molar-refractivity contribution is 7.15. The number of amides is 1. The fraction of sp³-hybridized carbons (Fsp3) is 0.261. The third kappa shape index (κ3) is 4.61. The topological polar surface area (TPSA) is 53.2 Å². The summed E-state index contributed by atoms with van der Waals surface area (Å²) in [6, 6.07) is 18.5. The summed E-state index contributed by atoms with van der Waals surface area (Å²) in [4.78, 5) is 15.4. The second kappa shape index (κ2) is 9.04. The Morgan fingerprint density at radius 3 is 2.64 bits per heavy atom. The van der Waals surface area contributed by atoms with Crippen LogP contribution in [0.15, 0.2) is 54.6 Å². The summed E-state index contributed by atoms with van der Waals surface area (Å²) in [5.74, 6) is -0.0556. The van der Waals surface area contributed by atoms with E-state index in [9.17, 15) is 4.79 Å². The molecule has 0 saturated carbocycles. The molecule has 1 unspecified atom stereocenters. The first-order valence-corrected chi connectivity index (χ1v) is 10.3. The number of carbonyl (C=O) groups excluding carboxylic acids is 1. The third-order valence-corrected chi connectivity index (χ3v) is 5.94. The van der Waals surface area contributed by atoms with Crippen LogP contribution in [0.1, 0.15) is 39.3 Å². The second-order valence-corrected chi connectivity index (χ2v) is 8.06. The molecule has 0 aliphatic carbocycles. The summed E-state index contributed by atoms with van der Waals surface area (Å²) in [6.45, 7) is 4.86. The lowest BCUT2D eigenvalue weighted by Gasteiger charge is -2.17. The third-order valence-electron chi connectivity index (χ3n) is 4.80. The molecule has 1 atom stereocenters. The molecule has 0 spiro atoms. The van der Waals surface area contributed by atoms with Crippen molar-refractivity contribution in [1.82, 2.24) is 10.6 Å². The summed E-state index contributed by atoms with van der Waals surface area (Å²) >= 11 is 1.79. The summed E-state index contributed by atoms with van der Waals surface area (Å²) in [5, 5.41) is 9.41. The first-order valence-electron chi connectivity index (χ1n) is 9.44. The highest BCUT2D eigenvalue weighted by Gasteiger charge is 2.15. The highest BCUT2D eigenvalue weighted by Crippen LogP contribution is 2.30. The van der Waals surface area contributed by atoms with Crippen LogP contribution >= 0.6 is 11.3 Å². The smallest absolute Gasteiger partial charge is 0.252 e. The van der Waals surface area contributed by atoms with Gasteiger partial charge in [-0.25, -0.2) is 0 Å². The van der Waals surface area contributed by atoms with E-state index in [0.717, 1.165) is 23.4 Å². The Balaban J connectivity index is 1.77. The van der Waals surface area contributed by atoms with Crippen molar-refractivity contribution in [2.24, 2.45) is 0 Å². The fourth-order valence-electron chi connectivity index (χ4n) is 3.14. The minimum absolute atomic E-state index is 0.0556. The van der Waals surface area contributed by atoms with E-state index in [-0.39, 0.29) is 11.9 Å². The molecule has 1 amide bonds. The van der Waals surface area contributed by atoms with Gasteiger partial charge in [0, 0.05) is 34.6 Å². The normalized spacial score (nSPS) is 11.9. The van der Waals surface area contributed by atoms with Crippen LogP contribution < -0.4 is 16.0 Å². The standard InChI is InChI=1S/C23H27N3OS/c1-15-8-9-19(25-4)13-21(15)23(27)26-16(2)17-6-5-7-18(12-17)22-11-10-20(28-22)14-24-3/h5-13,16,24-25H,14H2,1-4H3,(H,26,27). The van der Waals surface area contributed by atoms with Gasteiger partial charge in [0.2, 0.25) is 0 Å². The van der Waals surface area contributed by atoms with E-state index in [0.29, 0.717) is 5.56 Å². The largest absolute Gasteiger partial charge is 0.388 e. The molecule has 0 aliphatic heterocycles. The van der Waals surface area contributed by atoms with Crippen LogP contribution in [-0.2, 0) is 6.54 Å². The van der Waals surface area contributed by atoms with Gasteiger partial charge in [-0.05, 0) is 67.9 Å². The molecule has 0 bridgehead atoms. The number of hydrogen-bond acceptors (Lipinski definition) is 4. The lowest BCUT2D eigenvalue weighted by molar-refractivity contribution is 0.0939. The van der Waals surface area contributed by atoms with Gasteiger partial charge in [0.1, 0.15) is 0 Å². The van der Waals surface area contributed by atoms with Crippen LogP contribution in [0.25, 0.3) is 10.4 Å². The Hall–Kier alpha value is -2.63. The first-order chi connectivity index (χ1) is 13.5. The Labute approximate surface area is 171 Å². The van der Waals surface area contributed by atoms with Gasteiger partial charge in [0.05, 0.1) is 6.04 Å². The van der Waals surface area contributed by atoms with Gasteiger partial charge < -0.3 is 16.0 Å². The lowest BCUT2D eigenvalue weighted by atomic mass is 10.0. The second-order valence-electron chi connectivity index (χ2n) is 6.90. The maximum absolute atomic E-state index is 12.8. The van der Waals surface area contributed by atoms with E-state index in [2.05, 4.69) is 52.3 Å². The molecule has 4 nitrogen and oxygen atoms in total. The molecule has 146 valence electrons. The highest BCUT2D eigenvalue weighted by atomic mass is 32.1. The van der Waals surface area contributed by atoms with E-state index in [1.165, 1.54) is 15.3 Å². The number of hydrogen-bond donors (Lipinski definition) is 3. The quantitative estimate of drug-likeness (QED) is 0.531. The SMILES string of the molecule is CNCc1ccc(-c2cccc(C(C)NC(=O)c3cc(NC)ccc3C)c2)s1. The van der Waals surface area contributed by atoms with Crippen LogP contribution in [0, 0.1) is 6.92 Å². The molecule has 3 aromatic rings. The predicted molar refractivity (Wildman–Crippen MR) is 119 cm³/mol. The predicted octanol–water partition coefficient (Wildman–Crippen LogP) is 4.98. The van der Waals surface area contributed by atoms with Crippen LogP contribution in [0.4, 0.5) is 5.69 Å². The maximum Gasteiger partial charge on any atom is 0.252 e. The zero-order valence-electron chi connectivity index (χ0n) is 16.8. The summed E-state index contributed by atoms with van der Waals surface area (Å²) < 4.78 is 0. The summed E-state index contributed by atoms with van der Waals surface area (Å²) in [5.41, 5.74) is 4.87. The van der Waals surface area contributed by atoms with Crippen LogP contribution in [0.5, 0.6) is 0 Å². The van der Waals surface area contributed by atoms with Gasteiger partial charge >= 0.3 is 0 Å². The number of carbonyl (C=O) groups is 1. The number of nitrogens with one attached hydrogen (secondary N) is 3. The van der Waals surface area contributed by atoms with Crippen molar-refractivity contribution < 1.29 is 4.79 Å². The summed E-state index contributed by atoms with van der Waals surface area (Å²) in [7, 11) is 3.81. The molecule has 5 heteroatoms. The molecule has 0 aliphatic rings. The van der Waals surface area contributed by atoms with Crippen molar-refractivity contribution in [1.29, 1.82) is 0 Å². The molecule has 1 heterocycles. The molecule has 0 radical (unpaired) electrons. The molecule has 3 rings (SSSR count). The van der Waals surface area contributed by atoms with Gasteiger partial charge in [-0.1, -0.05) is 24.3 Å². The minimum Gasteiger partial charge on any atom is -0.388 e. The lowest BCUT2D eigenvalue weighted by Crippen LogP contribution is -2.27. The van der Waals surface area contributed by atoms with E-state index in [1.54, 1.807) is 11.3 Å². The Morgan fingerprint density at radius 2 is 1.89 bits per heavy atom. The average Bonchev–Trinajstić information content (AvgIpc) is 3.17. The van der Waals surface area contributed by atoms with Gasteiger partial charge in [-0.2, -0.15) is 0 Å². The van der Waals surface area contributed by atoms with E-state index in [4.69, 9.17) is 0 Å². The van der Waals surface area contributed by atoms with Crippen molar-refractivity contribution >= 4 is 22.9 Å². The molecular formula is C23H27N3OS. The number of anilines is 1. The number of aryl methyl sites for hydroxylation is 1. The van der Waals surface area contributed by atoms with Crippen LogP contribution in [-0.4, -0.2) is 20.0 Å². The molecule has 1 aromatic heterocycles. The molecule has 28 heavy (non-hydrogen) atoms. The first kappa shape index (κ1) is 20.1. The Kier molecular flexibility index (Phi) is 6.49. The maximum atomic E-state index is 12.8. The average molecular weight is 394 g/mol. The number of benzene rings is 2. The molecule has 3 N–H and O–H groups in total. The van der Waals surface area contributed by atoms with E-state index in [1.807, 2.05) is 46.1 Å². The van der Waals surface area contributed by atoms with Crippen molar-refractivity contribution in [3.05, 3.63) is 76.2 Å². The Morgan fingerprint density at radius 1 is 1.07 bits per heavy atom. The van der Waals surface area contributed by atoms with E-state index >= 15 is 0 Å². The minimum atomic E-state index is -0.0816. The van der Waals surface area contributed by atoms with Gasteiger partial charge in [-0.15, -0.1) is 11.3 Å². The summed E-state index contributed by atoms with van der Waals surface area (Å²) in [6.07, 6.45) is 0. The fourth-order valence-corrected chi connectivity index (χ4v) is 4.16. The van der Waals surface area contributed by atoms with Crippen molar-refractivity contribution in [2.75, 3.05) is 19.4 Å². The zero-order valence-corrected chi connectivity index (χ0v) is 17.6. The van der Waals surface area contributed by atoms with Crippen molar-refractivity contribution in [3.8, 4) is 10.4 Å². The van der Waals surface area contributed by atoms with E-state index < -0.39 is 0 Å². The monoisotopic (exact) mass is 393 g/mol. The van der Waals surface area contributed by atoms with Crippen LogP contribution in [0.2, 0.25) is 0 Å². The molecular weight excluding hydrogens is 366 g/mol. The molecule has 2 aromatic carbocycles. The number of thiophene rings is 1. The zero-order chi connectivity index (χ0) is 20.1. The molecule has 0 fully saturated rings. The van der Waals surface area contributed by atoms with Crippen molar-refractivity contribution in [3.63, 3.8) is 0 Å². The van der Waals surface area contributed by atoms with Gasteiger partial charge in [0.25, 0.3) is 5.91 Å². The van der Waals surface area contributed by atoms with Gasteiger partial charge in [-0.3, -0.25) is 4.79 Å². The van der Waals surface area contributed by atoms with Crippen LogP contribution in [0.3, 0.4) is 0 Å². The molecule has 0 saturated heterocycles.